The van der Waals surface area contributed by atoms with Crippen LogP contribution in [0.4, 0.5) is 4.39 Å². The zero-order valence-corrected chi connectivity index (χ0v) is 14.9. The minimum absolute atomic E-state index is 0.262. The predicted octanol–water partition coefficient (Wildman–Crippen LogP) is 4.46. The lowest BCUT2D eigenvalue weighted by Gasteiger charge is -1.92. The van der Waals surface area contributed by atoms with Crippen molar-refractivity contribution in [1.82, 2.24) is 25.3 Å². The summed E-state index contributed by atoms with van der Waals surface area (Å²) in [6.45, 7) is 0. The number of rotatable bonds is 6. The lowest BCUT2D eigenvalue weighted by atomic mass is 10.2. The predicted molar refractivity (Wildman–Crippen MR) is 101 cm³/mol. The van der Waals surface area contributed by atoms with Crippen molar-refractivity contribution in [2.45, 2.75) is 10.9 Å². The Morgan fingerprint density at radius 2 is 1.81 bits per heavy atom. The number of nitrogens with zero attached hydrogens (tertiary/aromatic N) is 4. The highest BCUT2D eigenvalue weighted by Crippen LogP contribution is 2.21. The molecule has 0 saturated carbocycles. The highest BCUT2D eigenvalue weighted by molar-refractivity contribution is 7.98. The van der Waals surface area contributed by atoms with Crippen LogP contribution in [0.3, 0.4) is 0 Å². The van der Waals surface area contributed by atoms with E-state index in [2.05, 4.69) is 25.3 Å². The number of benzene rings is 2. The second-order valence-electron chi connectivity index (χ2n) is 5.55. The Kier molecular flexibility index (Phi) is 5.06. The van der Waals surface area contributed by atoms with Gasteiger partial charge in [0.2, 0.25) is 16.9 Å². The fourth-order valence-corrected chi connectivity index (χ4v) is 2.93. The first kappa shape index (κ1) is 17.2. The Morgan fingerprint density at radius 1 is 1.00 bits per heavy atom. The van der Waals surface area contributed by atoms with Gasteiger partial charge in [-0.1, -0.05) is 65.5 Å². The Balaban J connectivity index is 1.36. The van der Waals surface area contributed by atoms with Crippen molar-refractivity contribution in [2.75, 3.05) is 0 Å². The second kappa shape index (κ2) is 7.96. The fraction of sp³-hybridized carbons (Fsp3) is 0.0526. The quantitative estimate of drug-likeness (QED) is 0.498. The summed E-state index contributed by atoms with van der Waals surface area (Å²) in [5.41, 5.74) is 1.78. The molecular weight excluding hydrogens is 365 g/mol. The average Bonchev–Trinajstić information content (AvgIpc) is 3.36. The van der Waals surface area contributed by atoms with Crippen molar-refractivity contribution < 1.29 is 8.91 Å². The highest BCUT2D eigenvalue weighted by Gasteiger charge is 2.10. The van der Waals surface area contributed by atoms with Gasteiger partial charge in [-0.3, -0.25) is 5.10 Å². The van der Waals surface area contributed by atoms with Gasteiger partial charge in [0.05, 0.1) is 5.75 Å². The number of hydrogen-bond acceptors (Lipinski definition) is 6. The van der Waals surface area contributed by atoms with Crippen molar-refractivity contribution in [3.63, 3.8) is 0 Å². The van der Waals surface area contributed by atoms with Crippen LogP contribution in [-0.2, 0) is 5.75 Å². The van der Waals surface area contributed by atoms with Crippen LogP contribution in [0.1, 0.15) is 17.3 Å². The Hall–Kier alpha value is -3.26. The number of halogens is 1. The van der Waals surface area contributed by atoms with Gasteiger partial charge in [0, 0.05) is 5.56 Å². The minimum atomic E-state index is -0.262. The van der Waals surface area contributed by atoms with Crippen LogP contribution in [0, 0.1) is 5.82 Å². The third kappa shape index (κ3) is 4.48. The number of hydrogen-bond donors (Lipinski definition) is 1. The highest BCUT2D eigenvalue weighted by atomic mass is 32.2. The van der Waals surface area contributed by atoms with E-state index < -0.39 is 0 Å². The molecule has 0 saturated heterocycles. The first-order valence-electron chi connectivity index (χ1n) is 8.13. The molecule has 2 aromatic heterocycles. The monoisotopic (exact) mass is 379 g/mol. The Morgan fingerprint density at radius 3 is 2.63 bits per heavy atom. The summed E-state index contributed by atoms with van der Waals surface area (Å²) in [6.07, 6.45) is 3.61. The van der Waals surface area contributed by atoms with Gasteiger partial charge in [0.15, 0.2) is 0 Å². The van der Waals surface area contributed by atoms with Gasteiger partial charge in [0.1, 0.15) is 11.6 Å². The smallest absolute Gasteiger partial charge is 0.237 e. The number of H-pyrrole nitrogens is 1. The van der Waals surface area contributed by atoms with E-state index in [4.69, 9.17) is 4.52 Å². The zero-order valence-electron chi connectivity index (χ0n) is 14.0. The van der Waals surface area contributed by atoms with Gasteiger partial charge >= 0.3 is 0 Å². The van der Waals surface area contributed by atoms with Crippen molar-refractivity contribution in [3.8, 4) is 11.4 Å². The van der Waals surface area contributed by atoms with E-state index in [1.54, 1.807) is 18.2 Å². The van der Waals surface area contributed by atoms with Gasteiger partial charge in [-0.15, -0.1) is 5.10 Å². The third-order valence-electron chi connectivity index (χ3n) is 3.61. The van der Waals surface area contributed by atoms with Gasteiger partial charge < -0.3 is 4.52 Å². The molecule has 6 nitrogen and oxygen atoms in total. The van der Waals surface area contributed by atoms with E-state index in [1.807, 2.05) is 36.4 Å². The standard InChI is InChI=1S/C19H14FN5OS/c20-15-9-6-13(7-10-15)8-11-16-21-19(24-23-16)27-12-17-22-18(25-26-17)14-4-2-1-3-5-14/h1-11H,12H2,(H,21,23,24)/b11-8+. The van der Waals surface area contributed by atoms with Crippen LogP contribution in [0.15, 0.2) is 64.3 Å². The lowest BCUT2D eigenvalue weighted by molar-refractivity contribution is 0.391. The maximum Gasteiger partial charge on any atom is 0.237 e. The molecule has 0 radical (unpaired) electrons. The number of aromatic nitrogens is 5. The molecule has 4 rings (SSSR count). The van der Waals surface area contributed by atoms with Gasteiger partial charge in [-0.05, 0) is 23.8 Å². The molecule has 0 unspecified atom stereocenters. The van der Waals surface area contributed by atoms with E-state index in [-0.39, 0.29) is 5.82 Å². The molecule has 27 heavy (non-hydrogen) atoms. The molecule has 0 bridgehead atoms. The van der Waals surface area contributed by atoms with E-state index in [0.717, 1.165) is 11.1 Å². The summed E-state index contributed by atoms with van der Waals surface area (Å²) in [7, 11) is 0. The van der Waals surface area contributed by atoms with Crippen LogP contribution >= 0.6 is 11.8 Å². The number of thioether (sulfide) groups is 1. The summed E-state index contributed by atoms with van der Waals surface area (Å²) in [6, 6.07) is 15.9. The minimum Gasteiger partial charge on any atom is -0.338 e. The fourth-order valence-electron chi connectivity index (χ4n) is 2.29. The normalized spacial score (nSPS) is 11.3. The molecule has 2 heterocycles. The van der Waals surface area contributed by atoms with Crippen LogP contribution < -0.4 is 0 Å². The molecule has 0 spiro atoms. The summed E-state index contributed by atoms with van der Waals surface area (Å²) < 4.78 is 18.2. The Labute approximate surface area is 158 Å². The van der Waals surface area contributed by atoms with Gasteiger partial charge in [0.25, 0.3) is 0 Å². The van der Waals surface area contributed by atoms with Crippen LogP contribution in [0.5, 0.6) is 0 Å². The molecule has 2 aromatic carbocycles. The van der Waals surface area contributed by atoms with Crippen molar-refractivity contribution in [1.29, 1.82) is 0 Å². The van der Waals surface area contributed by atoms with E-state index in [0.29, 0.717) is 28.4 Å². The number of nitrogens with one attached hydrogen (secondary N) is 1. The maximum atomic E-state index is 12.9. The van der Waals surface area contributed by atoms with Gasteiger partial charge in [-0.25, -0.2) is 9.37 Å². The summed E-state index contributed by atoms with van der Waals surface area (Å²) >= 11 is 1.39. The largest absolute Gasteiger partial charge is 0.338 e. The summed E-state index contributed by atoms with van der Waals surface area (Å²) in [5.74, 6) is 1.88. The average molecular weight is 379 g/mol. The summed E-state index contributed by atoms with van der Waals surface area (Å²) in [5, 5.41) is 11.6. The number of aromatic amines is 1. The van der Waals surface area contributed by atoms with Crippen LogP contribution in [0.2, 0.25) is 0 Å². The van der Waals surface area contributed by atoms with Crippen LogP contribution in [-0.4, -0.2) is 25.3 Å². The molecule has 4 aromatic rings. The van der Waals surface area contributed by atoms with Gasteiger partial charge in [-0.2, -0.15) is 4.98 Å². The SMILES string of the molecule is Fc1ccc(/C=C/c2nc(SCc3nc(-c4ccccc4)no3)n[nH]2)cc1. The first-order chi connectivity index (χ1) is 13.3. The van der Waals surface area contributed by atoms with E-state index >= 15 is 0 Å². The maximum absolute atomic E-state index is 12.9. The molecule has 134 valence electrons. The zero-order chi connectivity index (χ0) is 18.5. The topological polar surface area (TPSA) is 80.5 Å². The molecule has 0 aliphatic carbocycles. The molecule has 0 aliphatic rings. The van der Waals surface area contributed by atoms with Crippen molar-refractivity contribution >= 4 is 23.9 Å². The molecular formula is C19H14FN5OS. The molecule has 8 heteroatoms. The van der Waals surface area contributed by atoms with Crippen molar-refractivity contribution in [3.05, 3.63) is 77.7 Å². The molecule has 0 atom stereocenters. The lowest BCUT2D eigenvalue weighted by Crippen LogP contribution is -1.83. The molecule has 1 N–H and O–H groups in total. The second-order valence-corrected chi connectivity index (χ2v) is 6.50. The summed E-state index contributed by atoms with van der Waals surface area (Å²) in [4.78, 5) is 8.74. The molecule has 0 amide bonds. The van der Waals surface area contributed by atoms with E-state index in [1.165, 1.54) is 23.9 Å². The van der Waals surface area contributed by atoms with Crippen LogP contribution in [0.25, 0.3) is 23.5 Å². The molecule has 0 fully saturated rings. The Bertz CT molecular complexity index is 1040. The third-order valence-corrected chi connectivity index (χ3v) is 4.44. The van der Waals surface area contributed by atoms with E-state index in [9.17, 15) is 4.39 Å². The molecule has 0 aliphatic heterocycles. The first-order valence-corrected chi connectivity index (χ1v) is 9.12. The van der Waals surface area contributed by atoms with Crippen molar-refractivity contribution in [2.24, 2.45) is 0 Å².